The zero-order valence-electron chi connectivity index (χ0n) is 14.0. The molecule has 134 valence electrons. The Hall–Kier alpha value is -2.24. The lowest BCUT2D eigenvalue weighted by Crippen LogP contribution is -2.45. The minimum Gasteiger partial charge on any atom is -0.497 e. The Bertz CT molecular complexity index is 648. The molecule has 2 aromatic carbocycles. The highest BCUT2D eigenvalue weighted by atomic mass is 35.5. The van der Waals surface area contributed by atoms with Gasteiger partial charge in [-0.1, -0.05) is 42.5 Å². The Morgan fingerprint density at radius 1 is 1.12 bits per heavy atom. The number of benzene rings is 2. The van der Waals surface area contributed by atoms with Crippen LogP contribution < -0.4 is 10.1 Å². The molecule has 6 heteroatoms. The summed E-state index contributed by atoms with van der Waals surface area (Å²) in [5, 5.41) is 12.8. The molecule has 0 aromatic heterocycles. The predicted molar refractivity (Wildman–Crippen MR) is 97.0 cm³/mol. The normalized spacial score (nSPS) is 12.9. The molecular formula is C19H22ClNO4. The number of alkyl carbamates (subject to hydrolysis) is 1. The Kier molecular flexibility index (Phi) is 7.57. The summed E-state index contributed by atoms with van der Waals surface area (Å²) < 4.78 is 10.3. The molecule has 2 N–H and O–H groups in total. The van der Waals surface area contributed by atoms with Gasteiger partial charge in [0.2, 0.25) is 0 Å². The van der Waals surface area contributed by atoms with Crippen LogP contribution in [0.25, 0.3) is 0 Å². The van der Waals surface area contributed by atoms with Crippen LogP contribution in [-0.2, 0) is 17.8 Å². The highest BCUT2D eigenvalue weighted by Gasteiger charge is 2.22. The SMILES string of the molecule is COc1ccc(C[C@H](NC(=O)OCc2ccccc2)[C@H](O)CCl)cc1. The molecule has 2 atom stereocenters. The minimum absolute atomic E-state index is 0.0137. The molecular weight excluding hydrogens is 342 g/mol. The molecule has 0 fully saturated rings. The molecule has 0 spiro atoms. The molecule has 5 nitrogen and oxygen atoms in total. The van der Waals surface area contributed by atoms with Crippen molar-refractivity contribution in [3.05, 3.63) is 65.7 Å². The van der Waals surface area contributed by atoms with E-state index in [1.54, 1.807) is 7.11 Å². The van der Waals surface area contributed by atoms with E-state index in [4.69, 9.17) is 21.1 Å². The first-order chi connectivity index (χ1) is 12.1. The molecule has 1 amide bonds. The summed E-state index contributed by atoms with van der Waals surface area (Å²) in [4.78, 5) is 12.0. The highest BCUT2D eigenvalue weighted by molar-refractivity contribution is 6.18. The average Bonchev–Trinajstić information content (AvgIpc) is 2.66. The van der Waals surface area contributed by atoms with Gasteiger partial charge < -0.3 is 19.9 Å². The molecule has 0 aliphatic rings. The molecule has 0 heterocycles. The third-order valence-corrected chi connectivity index (χ3v) is 4.07. The molecule has 0 saturated carbocycles. The number of alkyl halides is 1. The number of rotatable bonds is 8. The van der Waals surface area contributed by atoms with Gasteiger partial charge in [-0.3, -0.25) is 0 Å². The Labute approximate surface area is 152 Å². The van der Waals surface area contributed by atoms with Crippen molar-refractivity contribution in [3.63, 3.8) is 0 Å². The van der Waals surface area contributed by atoms with Gasteiger partial charge in [0.05, 0.1) is 25.1 Å². The fraction of sp³-hybridized carbons (Fsp3) is 0.316. The van der Waals surface area contributed by atoms with Gasteiger partial charge in [0.15, 0.2) is 0 Å². The maximum Gasteiger partial charge on any atom is 0.407 e. The fourth-order valence-corrected chi connectivity index (χ4v) is 2.54. The first-order valence-corrected chi connectivity index (χ1v) is 8.50. The molecule has 0 aliphatic heterocycles. The number of carbonyl (C=O) groups excluding carboxylic acids is 1. The van der Waals surface area contributed by atoms with E-state index in [1.807, 2.05) is 54.6 Å². The molecule has 0 radical (unpaired) electrons. The van der Waals surface area contributed by atoms with Crippen LogP contribution >= 0.6 is 11.6 Å². The summed E-state index contributed by atoms with van der Waals surface area (Å²) in [6, 6.07) is 16.2. The van der Waals surface area contributed by atoms with E-state index in [2.05, 4.69) is 5.32 Å². The van der Waals surface area contributed by atoms with Gasteiger partial charge >= 0.3 is 6.09 Å². The van der Waals surface area contributed by atoms with Gasteiger partial charge in [0.1, 0.15) is 12.4 Å². The third kappa shape index (κ3) is 6.29. The molecule has 0 aliphatic carbocycles. The number of aliphatic hydroxyl groups excluding tert-OH is 1. The average molecular weight is 364 g/mol. The summed E-state index contributed by atoms with van der Waals surface area (Å²) in [6.07, 6.45) is -1.04. The summed E-state index contributed by atoms with van der Waals surface area (Å²) in [7, 11) is 1.60. The summed E-state index contributed by atoms with van der Waals surface area (Å²) in [5.41, 5.74) is 1.83. The van der Waals surface area contributed by atoms with E-state index in [-0.39, 0.29) is 12.5 Å². The van der Waals surface area contributed by atoms with Crippen LogP contribution in [0.2, 0.25) is 0 Å². The van der Waals surface area contributed by atoms with Gasteiger partial charge in [-0.15, -0.1) is 11.6 Å². The van der Waals surface area contributed by atoms with E-state index in [9.17, 15) is 9.90 Å². The largest absolute Gasteiger partial charge is 0.497 e. The lowest BCUT2D eigenvalue weighted by atomic mass is 10.0. The first kappa shape index (κ1) is 19.1. The number of halogens is 1. The van der Waals surface area contributed by atoms with Crippen molar-refractivity contribution < 1.29 is 19.4 Å². The summed E-state index contributed by atoms with van der Waals surface area (Å²) in [6.45, 7) is 0.166. The van der Waals surface area contributed by atoms with Crippen LogP contribution in [-0.4, -0.2) is 36.3 Å². The van der Waals surface area contributed by atoms with Crippen molar-refractivity contribution in [3.8, 4) is 5.75 Å². The molecule has 0 bridgehead atoms. The lowest BCUT2D eigenvalue weighted by molar-refractivity contribution is 0.110. The maximum absolute atomic E-state index is 12.0. The number of nitrogens with one attached hydrogen (secondary N) is 1. The van der Waals surface area contributed by atoms with E-state index < -0.39 is 18.2 Å². The van der Waals surface area contributed by atoms with Crippen LogP contribution in [0, 0.1) is 0 Å². The molecule has 2 rings (SSSR count). The van der Waals surface area contributed by atoms with E-state index in [0.717, 1.165) is 16.9 Å². The van der Waals surface area contributed by atoms with Crippen molar-refractivity contribution in [2.24, 2.45) is 0 Å². The monoisotopic (exact) mass is 363 g/mol. The smallest absolute Gasteiger partial charge is 0.407 e. The van der Waals surface area contributed by atoms with Crippen LogP contribution in [0.4, 0.5) is 4.79 Å². The summed E-state index contributed by atoms with van der Waals surface area (Å²) in [5.74, 6) is 0.758. The van der Waals surface area contributed by atoms with Gasteiger partial charge in [-0.05, 0) is 29.7 Å². The van der Waals surface area contributed by atoms with Crippen molar-refractivity contribution in [2.45, 2.75) is 25.2 Å². The third-order valence-electron chi connectivity index (χ3n) is 3.75. The number of amides is 1. The van der Waals surface area contributed by atoms with Crippen LogP contribution in [0.3, 0.4) is 0 Å². The number of hydrogen-bond acceptors (Lipinski definition) is 4. The van der Waals surface area contributed by atoms with Crippen molar-refractivity contribution in [1.82, 2.24) is 5.32 Å². The maximum atomic E-state index is 12.0. The van der Waals surface area contributed by atoms with Gasteiger partial charge in [-0.2, -0.15) is 0 Å². The minimum atomic E-state index is -0.881. The van der Waals surface area contributed by atoms with Crippen molar-refractivity contribution in [2.75, 3.05) is 13.0 Å². The van der Waals surface area contributed by atoms with Crippen LogP contribution in [0.15, 0.2) is 54.6 Å². The Morgan fingerprint density at radius 2 is 1.80 bits per heavy atom. The zero-order chi connectivity index (χ0) is 18.1. The van der Waals surface area contributed by atoms with Gasteiger partial charge in [-0.25, -0.2) is 4.79 Å². The van der Waals surface area contributed by atoms with Crippen molar-refractivity contribution >= 4 is 17.7 Å². The van der Waals surface area contributed by atoms with E-state index in [0.29, 0.717) is 6.42 Å². The number of ether oxygens (including phenoxy) is 2. The van der Waals surface area contributed by atoms with E-state index >= 15 is 0 Å². The van der Waals surface area contributed by atoms with Crippen LogP contribution in [0.1, 0.15) is 11.1 Å². The summed E-state index contributed by atoms with van der Waals surface area (Å²) >= 11 is 5.75. The van der Waals surface area contributed by atoms with Crippen LogP contribution in [0.5, 0.6) is 5.75 Å². The number of methoxy groups -OCH3 is 1. The van der Waals surface area contributed by atoms with Gasteiger partial charge in [0, 0.05) is 0 Å². The topological polar surface area (TPSA) is 67.8 Å². The zero-order valence-corrected chi connectivity index (χ0v) is 14.8. The number of aliphatic hydroxyl groups is 1. The Morgan fingerprint density at radius 3 is 2.40 bits per heavy atom. The molecule has 25 heavy (non-hydrogen) atoms. The molecule has 0 saturated heterocycles. The number of carbonyl (C=O) groups is 1. The second kappa shape index (κ2) is 9.91. The molecule has 0 unspecified atom stereocenters. The fourth-order valence-electron chi connectivity index (χ4n) is 2.32. The first-order valence-electron chi connectivity index (χ1n) is 7.96. The predicted octanol–water partition coefficient (Wildman–Crippen LogP) is 3.13. The second-order valence-corrected chi connectivity index (χ2v) is 5.90. The van der Waals surface area contributed by atoms with E-state index in [1.165, 1.54) is 0 Å². The number of hydrogen-bond donors (Lipinski definition) is 2. The quantitative estimate of drug-likeness (QED) is 0.707. The Balaban J connectivity index is 1.93. The van der Waals surface area contributed by atoms with Crippen molar-refractivity contribution in [1.29, 1.82) is 0 Å². The lowest BCUT2D eigenvalue weighted by Gasteiger charge is -2.22. The second-order valence-electron chi connectivity index (χ2n) is 5.59. The van der Waals surface area contributed by atoms with Gasteiger partial charge in [0.25, 0.3) is 0 Å². The standard InChI is InChI=1S/C19H22ClNO4/c1-24-16-9-7-14(8-10-16)11-17(18(22)12-20)21-19(23)25-13-15-5-3-2-4-6-15/h2-10,17-18,22H,11-13H2,1H3,(H,21,23)/t17-,18+/m0/s1. The highest BCUT2D eigenvalue weighted by Crippen LogP contribution is 2.14. The molecule has 2 aromatic rings.